The van der Waals surface area contributed by atoms with Crippen molar-refractivity contribution in [3.05, 3.63) is 65.7 Å². The first kappa shape index (κ1) is 17.4. The van der Waals surface area contributed by atoms with Gasteiger partial charge in [-0.05, 0) is 42.2 Å². The van der Waals surface area contributed by atoms with Crippen LogP contribution in [0.3, 0.4) is 0 Å². The number of benzene rings is 1. The molecule has 2 aromatic rings. The maximum atomic E-state index is 13.0. The van der Waals surface area contributed by atoms with Crippen LogP contribution in [-0.4, -0.2) is 35.2 Å². The van der Waals surface area contributed by atoms with E-state index >= 15 is 0 Å². The van der Waals surface area contributed by atoms with Gasteiger partial charge in [0.25, 0.3) is 0 Å². The van der Waals surface area contributed by atoms with Crippen molar-refractivity contribution in [1.82, 2.24) is 15.2 Å². The van der Waals surface area contributed by atoms with Gasteiger partial charge in [0, 0.05) is 38.6 Å². The third kappa shape index (κ3) is 5.26. The second-order valence-corrected chi connectivity index (χ2v) is 6.16. The van der Waals surface area contributed by atoms with Crippen LogP contribution in [0.2, 0.25) is 0 Å². The molecular formula is C19H22FN3O2. The summed E-state index contributed by atoms with van der Waals surface area (Å²) in [5, 5.41) is 2.90. The summed E-state index contributed by atoms with van der Waals surface area (Å²) >= 11 is 0. The van der Waals surface area contributed by atoms with E-state index in [1.54, 1.807) is 29.4 Å². The van der Waals surface area contributed by atoms with Crippen molar-refractivity contribution < 1.29 is 13.9 Å². The molecule has 1 atom stereocenters. The van der Waals surface area contributed by atoms with Gasteiger partial charge >= 0.3 is 6.03 Å². The van der Waals surface area contributed by atoms with Gasteiger partial charge < -0.3 is 15.0 Å². The van der Waals surface area contributed by atoms with E-state index in [1.165, 1.54) is 12.1 Å². The minimum atomic E-state index is -0.285. The molecule has 5 nitrogen and oxygen atoms in total. The standard InChI is InChI=1S/C19H22FN3O2/c20-17-7-5-15(6-8-17)12-22-19(24)23(14-18-4-2-10-25-18)13-16-3-1-9-21-11-16/h1,3,5-9,11,18H,2,4,10,12-14H2,(H,22,24)/t18-/m0/s1. The third-order valence-electron chi connectivity index (χ3n) is 4.19. The molecule has 25 heavy (non-hydrogen) atoms. The van der Waals surface area contributed by atoms with Crippen LogP contribution in [0.15, 0.2) is 48.8 Å². The molecule has 3 rings (SSSR count). The average molecular weight is 343 g/mol. The Kier molecular flexibility index (Phi) is 5.95. The normalized spacial score (nSPS) is 16.6. The van der Waals surface area contributed by atoms with Gasteiger partial charge in [-0.2, -0.15) is 0 Å². The Hall–Kier alpha value is -2.47. The Morgan fingerprint density at radius 1 is 1.28 bits per heavy atom. The van der Waals surface area contributed by atoms with Crippen molar-refractivity contribution in [2.45, 2.75) is 32.0 Å². The Morgan fingerprint density at radius 2 is 2.12 bits per heavy atom. The van der Waals surface area contributed by atoms with Crippen LogP contribution < -0.4 is 5.32 Å². The Balaban J connectivity index is 1.62. The summed E-state index contributed by atoms with van der Waals surface area (Å²) in [6, 6.07) is 9.76. The number of amides is 2. The summed E-state index contributed by atoms with van der Waals surface area (Å²) in [7, 11) is 0. The number of hydrogen-bond acceptors (Lipinski definition) is 3. The Morgan fingerprint density at radius 3 is 2.80 bits per heavy atom. The number of pyridine rings is 1. The van der Waals surface area contributed by atoms with E-state index in [1.807, 2.05) is 12.1 Å². The Bertz CT molecular complexity index is 673. The summed E-state index contributed by atoms with van der Waals surface area (Å²) in [6.07, 6.45) is 5.54. The molecule has 0 saturated carbocycles. The first-order chi connectivity index (χ1) is 12.2. The molecule has 2 heterocycles. The van der Waals surface area contributed by atoms with E-state index in [0.29, 0.717) is 19.6 Å². The zero-order valence-corrected chi connectivity index (χ0v) is 14.0. The van der Waals surface area contributed by atoms with Crippen LogP contribution in [0.25, 0.3) is 0 Å². The molecule has 0 radical (unpaired) electrons. The van der Waals surface area contributed by atoms with Gasteiger partial charge in [0.15, 0.2) is 0 Å². The van der Waals surface area contributed by atoms with E-state index in [2.05, 4.69) is 10.3 Å². The van der Waals surface area contributed by atoms with Crippen molar-refractivity contribution in [3.63, 3.8) is 0 Å². The molecule has 0 bridgehead atoms. The SMILES string of the molecule is O=C(NCc1ccc(F)cc1)N(Cc1cccnc1)C[C@@H]1CCCO1. The number of carbonyl (C=O) groups excluding carboxylic acids is 1. The molecule has 1 aliphatic heterocycles. The fraction of sp³-hybridized carbons (Fsp3) is 0.368. The number of rotatable bonds is 6. The Labute approximate surface area is 146 Å². The monoisotopic (exact) mass is 343 g/mol. The zero-order chi connectivity index (χ0) is 17.5. The lowest BCUT2D eigenvalue weighted by atomic mass is 10.2. The van der Waals surface area contributed by atoms with E-state index in [9.17, 15) is 9.18 Å². The van der Waals surface area contributed by atoms with Crippen molar-refractivity contribution in [3.8, 4) is 0 Å². The smallest absolute Gasteiger partial charge is 0.318 e. The van der Waals surface area contributed by atoms with Crippen molar-refractivity contribution in [2.24, 2.45) is 0 Å². The minimum Gasteiger partial charge on any atom is -0.376 e. The minimum absolute atomic E-state index is 0.0771. The van der Waals surface area contributed by atoms with Crippen LogP contribution in [0, 0.1) is 5.82 Å². The first-order valence-corrected chi connectivity index (χ1v) is 8.48. The molecular weight excluding hydrogens is 321 g/mol. The van der Waals surface area contributed by atoms with Crippen LogP contribution in [-0.2, 0) is 17.8 Å². The van der Waals surface area contributed by atoms with E-state index < -0.39 is 0 Å². The first-order valence-electron chi connectivity index (χ1n) is 8.48. The molecule has 1 aromatic carbocycles. The second kappa shape index (κ2) is 8.58. The van der Waals surface area contributed by atoms with Gasteiger partial charge in [-0.15, -0.1) is 0 Å². The van der Waals surface area contributed by atoms with Crippen LogP contribution >= 0.6 is 0 Å². The molecule has 0 spiro atoms. The molecule has 0 aliphatic carbocycles. The van der Waals surface area contributed by atoms with Gasteiger partial charge in [0.2, 0.25) is 0 Å². The molecule has 2 amide bonds. The van der Waals surface area contributed by atoms with Crippen molar-refractivity contribution >= 4 is 6.03 Å². The fourth-order valence-corrected chi connectivity index (χ4v) is 2.86. The van der Waals surface area contributed by atoms with Gasteiger partial charge in [0.05, 0.1) is 6.10 Å². The molecule has 1 aliphatic rings. The number of aromatic nitrogens is 1. The highest BCUT2D eigenvalue weighted by molar-refractivity contribution is 5.74. The largest absolute Gasteiger partial charge is 0.376 e. The highest BCUT2D eigenvalue weighted by atomic mass is 19.1. The van der Waals surface area contributed by atoms with Crippen LogP contribution in [0.1, 0.15) is 24.0 Å². The number of nitrogens with zero attached hydrogens (tertiary/aromatic N) is 2. The molecule has 1 saturated heterocycles. The molecule has 0 unspecified atom stereocenters. The second-order valence-electron chi connectivity index (χ2n) is 6.16. The molecule has 132 valence electrons. The highest BCUT2D eigenvalue weighted by Gasteiger charge is 2.22. The maximum Gasteiger partial charge on any atom is 0.318 e. The van der Waals surface area contributed by atoms with Gasteiger partial charge in [0.1, 0.15) is 5.82 Å². The average Bonchev–Trinajstić information content (AvgIpc) is 3.14. The van der Waals surface area contributed by atoms with E-state index in [-0.39, 0.29) is 18.0 Å². The predicted octanol–water partition coefficient (Wildman–Crippen LogP) is 3.11. The summed E-state index contributed by atoms with van der Waals surface area (Å²) in [4.78, 5) is 18.5. The summed E-state index contributed by atoms with van der Waals surface area (Å²) < 4.78 is 18.6. The molecule has 1 fully saturated rings. The third-order valence-corrected chi connectivity index (χ3v) is 4.19. The number of urea groups is 1. The molecule has 1 N–H and O–H groups in total. The number of ether oxygens (including phenoxy) is 1. The lowest BCUT2D eigenvalue weighted by Gasteiger charge is -2.26. The van der Waals surface area contributed by atoms with Gasteiger partial charge in [-0.25, -0.2) is 9.18 Å². The summed E-state index contributed by atoms with van der Waals surface area (Å²) in [6.45, 7) is 2.13. The van der Waals surface area contributed by atoms with Crippen LogP contribution in [0.4, 0.5) is 9.18 Å². The number of halogens is 1. The topological polar surface area (TPSA) is 54.5 Å². The fourth-order valence-electron chi connectivity index (χ4n) is 2.86. The van der Waals surface area contributed by atoms with Gasteiger partial charge in [-0.3, -0.25) is 4.98 Å². The van der Waals surface area contributed by atoms with Gasteiger partial charge in [-0.1, -0.05) is 18.2 Å². The van der Waals surface area contributed by atoms with Crippen molar-refractivity contribution in [2.75, 3.05) is 13.2 Å². The van der Waals surface area contributed by atoms with E-state index in [4.69, 9.17) is 4.74 Å². The predicted molar refractivity (Wildman–Crippen MR) is 92.3 cm³/mol. The highest BCUT2D eigenvalue weighted by Crippen LogP contribution is 2.15. The molecule has 1 aromatic heterocycles. The number of hydrogen-bond donors (Lipinski definition) is 1. The lowest BCUT2D eigenvalue weighted by molar-refractivity contribution is 0.0794. The van der Waals surface area contributed by atoms with Crippen molar-refractivity contribution in [1.29, 1.82) is 0 Å². The summed E-state index contributed by atoms with van der Waals surface area (Å²) in [5.41, 5.74) is 1.82. The lowest BCUT2D eigenvalue weighted by Crippen LogP contribution is -2.43. The van der Waals surface area contributed by atoms with Crippen LogP contribution in [0.5, 0.6) is 0 Å². The number of nitrogens with one attached hydrogen (secondary N) is 1. The van der Waals surface area contributed by atoms with E-state index in [0.717, 1.165) is 30.6 Å². The summed E-state index contributed by atoms with van der Waals surface area (Å²) in [5.74, 6) is -0.285. The zero-order valence-electron chi connectivity index (χ0n) is 14.0. The molecule has 6 heteroatoms. The number of carbonyl (C=O) groups is 1. The maximum absolute atomic E-state index is 13.0. The quantitative estimate of drug-likeness (QED) is 0.877.